The normalized spacial score (nSPS) is 7.78. The molecule has 0 rings (SSSR count). The van der Waals surface area contributed by atoms with Crippen molar-refractivity contribution in [2.45, 2.75) is 0 Å². The van der Waals surface area contributed by atoms with Crippen molar-refractivity contribution in [2.75, 3.05) is 0 Å². The van der Waals surface area contributed by atoms with Crippen LogP contribution in [0.3, 0.4) is 0 Å². The van der Waals surface area contributed by atoms with E-state index in [4.69, 9.17) is 27.6 Å². The van der Waals surface area contributed by atoms with Gasteiger partial charge in [-0.2, -0.15) is 8.42 Å². The Hall–Kier alpha value is 0.0103. The topological polar surface area (TPSA) is 124 Å². The average molecular weight is 253 g/mol. The third-order valence-electron chi connectivity index (χ3n) is 0. The molecule has 3 N–H and O–H groups in total. The van der Waals surface area contributed by atoms with Crippen molar-refractivity contribution in [1.29, 1.82) is 0 Å². The largest absolute Gasteiger partial charge is 0.394 e. The molecule has 9 heteroatoms. The van der Waals surface area contributed by atoms with Crippen LogP contribution in [0.4, 0.5) is 0 Å². The predicted octanol–water partition coefficient (Wildman–Crippen LogP) is -0.513. The van der Waals surface area contributed by atoms with Crippen molar-refractivity contribution in [3.8, 4) is 0 Å². The molecule has 0 saturated heterocycles. The maximum absolute atomic E-state index is 8.74. The van der Waals surface area contributed by atoms with Crippen molar-refractivity contribution in [3.05, 3.63) is 4.91 Å². The maximum Gasteiger partial charge on any atom is 0.394 e. The molecule has 9 heavy (non-hydrogen) atoms. The second-order valence-corrected chi connectivity index (χ2v) is 1.43. The Kier molecular flexibility index (Phi) is 14.2. The summed E-state index contributed by atoms with van der Waals surface area (Å²) in [4.78, 5) is 8.11. The molecule has 0 amide bonds. The summed E-state index contributed by atoms with van der Waals surface area (Å²) in [5, 5.41) is 7.89. The van der Waals surface area contributed by atoms with Gasteiger partial charge in [0, 0.05) is 22.4 Å². The Morgan fingerprint density at radius 1 is 1.22 bits per heavy atom. The third kappa shape index (κ3) is 2750000. The predicted molar refractivity (Wildman–Crippen MR) is 21.8 cm³/mol. The van der Waals surface area contributed by atoms with Gasteiger partial charge in [-0.1, -0.05) is 0 Å². The molecule has 61 valence electrons. The van der Waals surface area contributed by atoms with Gasteiger partial charge in [0.05, 0.1) is 0 Å². The van der Waals surface area contributed by atoms with E-state index in [1.807, 2.05) is 0 Å². The van der Waals surface area contributed by atoms with Gasteiger partial charge in [0.25, 0.3) is 0 Å². The van der Waals surface area contributed by atoms with Crippen LogP contribution in [0.5, 0.6) is 0 Å². The van der Waals surface area contributed by atoms with E-state index >= 15 is 0 Å². The van der Waals surface area contributed by atoms with E-state index in [-0.39, 0.29) is 22.4 Å². The molecule has 0 aromatic heterocycles. The standard InChI is InChI=1S/Ag.HNO2.H2O4S/c;2-1-3;1-5(2,3)4/h;(H,2,3);(H2,1,2,3,4). The summed E-state index contributed by atoms with van der Waals surface area (Å²) in [6.07, 6.45) is 0. The Labute approximate surface area is 66.1 Å². The van der Waals surface area contributed by atoms with Gasteiger partial charge in [0.15, 0.2) is 5.34 Å². The monoisotopic (exact) mass is 252 g/mol. The first-order chi connectivity index (χ1) is 3.41. The number of hydrogen-bond acceptors (Lipinski definition) is 4. The molecular weight excluding hydrogens is 250 g/mol. The molecule has 0 fully saturated rings. The van der Waals surface area contributed by atoms with Gasteiger partial charge in [-0.05, 0) is 0 Å². The Bertz CT molecular complexity index is 127. The van der Waals surface area contributed by atoms with E-state index < -0.39 is 10.4 Å². The van der Waals surface area contributed by atoms with Gasteiger partial charge in [-0.25, -0.2) is 0 Å². The van der Waals surface area contributed by atoms with E-state index in [1.54, 1.807) is 0 Å². The first-order valence-electron chi connectivity index (χ1n) is 1.08. The zero-order valence-corrected chi connectivity index (χ0v) is 6.02. The van der Waals surface area contributed by atoms with E-state index in [0.29, 0.717) is 0 Å². The summed E-state index contributed by atoms with van der Waals surface area (Å²) < 4.78 is 31.6. The first-order valence-corrected chi connectivity index (χ1v) is 2.48. The van der Waals surface area contributed by atoms with E-state index in [9.17, 15) is 0 Å². The minimum atomic E-state index is -4.67. The molecule has 0 spiro atoms. The Balaban J connectivity index is -0.0000000800. The molecule has 0 saturated carbocycles. The van der Waals surface area contributed by atoms with Gasteiger partial charge in [-0.3, -0.25) is 9.11 Å². The van der Waals surface area contributed by atoms with Crippen molar-refractivity contribution in [3.63, 3.8) is 0 Å². The van der Waals surface area contributed by atoms with Crippen LogP contribution >= 0.6 is 0 Å². The van der Waals surface area contributed by atoms with E-state index in [2.05, 4.69) is 0 Å². The van der Waals surface area contributed by atoms with Gasteiger partial charge >= 0.3 is 10.4 Å². The third-order valence-corrected chi connectivity index (χ3v) is 0. The second kappa shape index (κ2) is 8.01. The minimum Gasteiger partial charge on any atom is -0.379 e. The molecule has 0 bridgehead atoms. The quantitative estimate of drug-likeness (QED) is 0.231. The van der Waals surface area contributed by atoms with Gasteiger partial charge in [0.2, 0.25) is 0 Å². The van der Waals surface area contributed by atoms with Gasteiger partial charge < -0.3 is 5.21 Å². The molecule has 0 aliphatic carbocycles. The number of rotatable bonds is 0. The fourth-order valence-electron chi connectivity index (χ4n) is 0. The van der Waals surface area contributed by atoms with Crippen molar-refractivity contribution in [2.24, 2.45) is 5.34 Å². The maximum atomic E-state index is 8.74. The smallest absolute Gasteiger partial charge is 0.379 e. The molecule has 0 aliphatic heterocycles. The molecule has 0 aromatic rings. The molecule has 0 heterocycles. The van der Waals surface area contributed by atoms with Crippen LogP contribution in [0.25, 0.3) is 0 Å². The zero-order valence-electron chi connectivity index (χ0n) is 3.72. The summed E-state index contributed by atoms with van der Waals surface area (Å²) in [5.74, 6) is 0. The SMILES string of the molecule is O=NO.O=S(=O)(O)O.[Ag]. The van der Waals surface area contributed by atoms with Crippen LogP contribution in [-0.2, 0) is 32.8 Å². The first kappa shape index (κ1) is 16.0. The molecule has 0 aromatic carbocycles. The fraction of sp³-hybridized carbons (Fsp3) is 0. The van der Waals surface area contributed by atoms with Crippen LogP contribution in [-0.4, -0.2) is 22.7 Å². The summed E-state index contributed by atoms with van der Waals surface area (Å²) in [6.45, 7) is 0. The van der Waals surface area contributed by atoms with Crippen molar-refractivity contribution < 1.29 is 45.1 Å². The van der Waals surface area contributed by atoms with Crippen LogP contribution in [0.15, 0.2) is 5.34 Å². The molecule has 0 unspecified atom stereocenters. The van der Waals surface area contributed by atoms with Gasteiger partial charge in [-0.15, -0.1) is 4.91 Å². The molecule has 1 radical (unpaired) electrons. The molecular formula is H3AgNO6S. The number of hydrogen-bond donors (Lipinski definition) is 3. The Morgan fingerprint density at radius 2 is 1.22 bits per heavy atom. The summed E-state index contributed by atoms with van der Waals surface area (Å²) >= 11 is 0. The molecule has 7 nitrogen and oxygen atoms in total. The van der Waals surface area contributed by atoms with Crippen molar-refractivity contribution in [1.82, 2.24) is 0 Å². The van der Waals surface area contributed by atoms with Crippen LogP contribution in [0.2, 0.25) is 0 Å². The summed E-state index contributed by atoms with van der Waals surface area (Å²) in [7, 11) is -4.67. The Morgan fingerprint density at radius 3 is 1.22 bits per heavy atom. The minimum absolute atomic E-state index is 0. The van der Waals surface area contributed by atoms with Crippen molar-refractivity contribution >= 4 is 10.4 Å². The van der Waals surface area contributed by atoms with E-state index in [1.165, 1.54) is 5.34 Å². The van der Waals surface area contributed by atoms with Crippen LogP contribution < -0.4 is 0 Å². The molecule has 0 atom stereocenters. The van der Waals surface area contributed by atoms with Gasteiger partial charge in [0.1, 0.15) is 0 Å². The fourth-order valence-corrected chi connectivity index (χ4v) is 0. The molecule has 0 aliphatic rings. The zero-order chi connectivity index (χ0) is 7.21. The number of nitrogens with zero attached hydrogens (tertiary/aromatic N) is 1. The van der Waals surface area contributed by atoms with E-state index in [0.717, 1.165) is 0 Å². The van der Waals surface area contributed by atoms with Crippen LogP contribution in [0.1, 0.15) is 0 Å². The van der Waals surface area contributed by atoms with Crippen LogP contribution in [0, 0.1) is 4.91 Å². The summed E-state index contributed by atoms with van der Waals surface area (Å²) in [6, 6.07) is 0. The average Bonchev–Trinajstić information content (AvgIpc) is 1.27. The second-order valence-electron chi connectivity index (χ2n) is 0.529. The summed E-state index contributed by atoms with van der Waals surface area (Å²) in [5.41, 5.74) is 0.